The number of methoxy groups -OCH3 is 1. The van der Waals surface area contributed by atoms with Gasteiger partial charge in [0.25, 0.3) is 0 Å². The van der Waals surface area contributed by atoms with E-state index in [9.17, 15) is 9.59 Å². The minimum Gasteiger partial charge on any atom is -0.465 e. The van der Waals surface area contributed by atoms with E-state index in [1.807, 2.05) is 26.0 Å². The topological polar surface area (TPSA) is 68.5 Å². The molecule has 0 aliphatic carbocycles. The van der Waals surface area contributed by atoms with E-state index in [4.69, 9.17) is 4.42 Å². The van der Waals surface area contributed by atoms with Crippen molar-refractivity contribution in [1.82, 2.24) is 0 Å². The average molecular weight is 337 g/mol. The van der Waals surface area contributed by atoms with Gasteiger partial charge >= 0.3 is 5.97 Å². The molecule has 5 heteroatoms. The highest BCUT2D eigenvalue weighted by Gasteiger charge is 2.12. The van der Waals surface area contributed by atoms with Crippen LogP contribution < -0.4 is 5.32 Å². The van der Waals surface area contributed by atoms with Gasteiger partial charge in [0.2, 0.25) is 5.91 Å². The Balaban J connectivity index is 1.72. The van der Waals surface area contributed by atoms with E-state index in [2.05, 4.69) is 10.1 Å². The van der Waals surface area contributed by atoms with Gasteiger partial charge in [-0.25, -0.2) is 4.79 Å². The largest absolute Gasteiger partial charge is 0.465 e. The lowest BCUT2D eigenvalue weighted by molar-refractivity contribution is -0.115. The fraction of sp³-hybridized carbons (Fsp3) is 0.200. The number of hydrogen-bond donors (Lipinski definition) is 1. The Morgan fingerprint density at radius 2 is 1.76 bits per heavy atom. The van der Waals surface area contributed by atoms with Gasteiger partial charge in [-0.15, -0.1) is 0 Å². The van der Waals surface area contributed by atoms with Gasteiger partial charge in [-0.3, -0.25) is 4.79 Å². The van der Waals surface area contributed by atoms with E-state index in [0.29, 0.717) is 11.3 Å². The van der Waals surface area contributed by atoms with Crippen molar-refractivity contribution in [2.75, 3.05) is 12.4 Å². The number of furan rings is 1. The van der Waals surface area contributed by atoms with Crippen LogP contribution in [0.4, 0.5) is 5.69 Å². The summed E-state index contributed by atoms with van der Waals surface area (Å²) in [6.07, 6.45) is 1.84. The van der Waals surface area contributed by atoms with Gasteiger partial charge in [-0.05, 0) is 61.4 Å². The molecule has 0 bridgehead atoms. The molecule has 1 N–H and O–H groups in total. The van der Waals surface area contributed by atoms with Crippen molar-refractivity contribution in [2.45, 2.75) is 20.3 Å². The van der Waals surface area contributed by atoms with Crippen molar-refractivity contribution in [3.8, 4) is 0 Å². The summed E-state index contributed by atoms with van der Waals surface area (Å²) in [5, 5.41) is 3.78. The highest BCUT2D eigenvalue weighted by Crippen LogP contribution is 2.25. The van der Waals surface area contributed by atoms with Crippen LogP contribution >= 0.6 is 0 Å². The van der Waals surface area contributed by atoms with E-state index < -0.39 is 5.97 Å². The van der Waals surface area contributed by atoms with Gasteiger partial charge in [-0.1, -0.05) is 0 Å². The molecule has 128 valence electrons. The second-order valence-corrected chi connectivity index (χ2v) is 5.99. The van der Waals surface area contributed by atoms with E-state index in [0.717, 1.165) is 27.7 Å². The third-order valence-electron chi connectivity index (χ3n) is 4.21. The van der Waals surface area contributed by atoms with Crippen LogP contribution in [0.15, 0.2) is 47.1 Å². The first-order valence-corrected chi connectivity index (χ1v) is 7.93. The number of rotatable bonds is 4. The molecule has 0 saturated heterocycles. The lowest BCUT2D eigenvalue weighted by Gasteiger charge is -2.06. The molecule has 0 radical (unpaired) electrons. The van der Waals surface area contributed by atoms with Gasteiger partial charge < -0.3 is 14.5 Å². The number of carbonyl (C=O) groups excluding carboxylic acids is 2. The maximum absolute atomic E-state index is 12.3. The summed E-state index contributed by atoms with van der Waals surface area (Å²) in [6.45, 7) is 4.07. The number of aryl methyl sites for hydroxylation is 2. The second kappa shape index (κ2) is 6.81. The third kappa shape index (κ3) is 3.55. The molecule has 0 unspecified atom stereocenters. The van der Waals surface area contributed by atoms with Crippen molar-refractivity contribution in [1.29, 1.82) is 0 Å². The molecule has 0 aliphatic heterocycles. The van der Waals surface area contributed by atoms with Crippen LogP contribution in [-0.4, -0.2) is 19.0 Å². The summed E-state index contributed by atoms with van der Waals surface area (Å²) < 4.78 is 10.2. The zero-order valence-corrected chi connectivity index (χ0v) is 14.4. The van der Waals surface area contributed by atoms with Crippen LogP contribution in [0.1, 0.15) is 27.0 Å². The quantitative estimate of drug-likeness (QED) is 0.730. The van der Waals surface area contributed by atoms with Crippen LogP contribution in [0.3, 0.4) is 0 Å². The predicted octanol–water partition coefficient (Wildman–Crippen LogP) is 4.02. The van der Waals surface area contributed by atoms with Crippen LogP contribution in [0.2, 0.25) is 0 Å². The molecule has 1 heterocycles. The number of nitrogens with one attached hydrogen (secondary N) is 1. The Labute approximate surface area is 145 Å². The normalized spacial score (nSPS) is 10.7. The van der Waals surface area contributed by atoms with E-state index in [-0.39, 0.29) is 12.3 Å². The van der Waals surface area contributed by atoms with Gasteiger partial charge in [0, 0.05) is 16.6 Å². The summed E-state index contributed by atoms with van der Waals surface area (Å²) in [5.74, 6) is -0.555. The van der Waals surface area contributed by atoms with E-state index >= 15 is 0 Å². The monoisotopic (exact) mass is 337 g/mol. The average Bonchev–Trinajstić information content (AvgIpc) is 2.97. The predicted molar refractivity (Wildman–Crippen MR) is 95.8 cm³/mol. The van der Waals surface area contributed by atoms with Gasteiger partial charge in [0.1, 0.15) is 5.58 Å². The number of esters is 1. The Morgan fingerprint density at radius 1 is 1.08 bits per heavy atom. The Morgan fingerprint density at radius 3 is 2.44 bits per heavy atom. The van der Waals surface area contributed by atoms with Gasteiger partial charge in [0.05, 0.1) is 25.4 Å². The molecule has 1 aromatic heterocycles. The maximum atomic E-state index is 12.3. The number of hydrogen-bond acceptors (Lipinski definition) is 4. The molecule has 0 atom stereocenters. The molecule has 2 aromatic carbocycles. The molecular formula is C20H19NO4. The number of carbonyl (C=O) groups is 2. The molecule has 1 amide bonds. The van der Waals surface area contributed by atoms with Crippen molar-refractivity contribution in [3.63, 3.8) is 0 Å². The Bertz CT molecular complexity index is 938. The first-order valence-electron chi connectivity index (χ1n) is 7.93. The minimum absolute atomic E-state index is 0.147. The molecule has 0 aliphatic rings. The molecule has 3 rings (SSSR count). The van der Waals surface area contributed by atoms with Crippen LogP contribution in [0.5, 0.6) is 0 Å². The molecule has 25 heavy (non-hydrogen) atoms. The Kier molecular flexibility index (Phi) is 4.57. The smallest absolute Gasteiger partial charge is 0.337 e. The second-order valence-electron chi connectivity index (χ2n) is 5.99. The van der Waals surface area contributed by atoms with Crippen LogP contribution in [0.25, 0.3) is 11.0 Å². The summed E-state index contributed by atoms with van der Waals surface area (Å²) in [7, 11) is 1.33. The van der Waals surface area contributed by atoms with Crippen LogP contribution in [-0.2, 0) is 16.0 Å². The highest BCUT2D eigenvalue weighted by molar-refractivity contribution is 5.96. The molecule has 3 aromatic rings. The molecular weight excluding hydrogens is 318 g/mol. The van der Waals surface area contributed by atoms with Crippen molar-refractivity contribution < 1.29 is 18.7 Å². The lowest BCUT2D eigenvalue weighted by atomic mass is 10.0. The van der Waals surface area contributed by atoms with Crippen molar-refractivity contribution in [2.24, 2.45) is 0 Å². The summed E-state index contributed by atoms with van der Waals surface area (Å²) >= 11 is 0. The zero-order valence-electron chi connectivity index (χ0n) is 14.4. The number of benzene rings is 2. The van der Waals surface area contributed by atoms with Gasteiger partial charge in [-0.2, -0.15) is 0 Å². The number of fused-ring (bicyclic) bond motifs is 1. The molecule has 0 spiro atoms. The fourth-order valence-corrected chi connectivity index (χ4v) is 2.66. The summed E-state index contributed by atoms with van der Waals surface area (Å²) in [6, 6.07) is 10.6. The standard InChI is InChI=1S/C20H19NO4/c1-12-8-17-15(11-25-18(17)9-13(12)2)10-19(22)21-16-6-4-14(5-7-16)20(23)24-3/h4-9,11H,10H2,1-3H3,(H,21,22). The Hall–Kier alpha value is -3.08. The van der Waals surface area contributed by atoms with E-state index in [1.165, 1.54) is 7.11 Å². The van der Waals surface area contributed by atoms with Gasteiger partial charge in [0.15, 0.2) is 0 Å². The number of amides is 1. The highest BCUT2D eigenvalue weighted by atomic mass is 16.5. The summed E-state index contributed by atoms with van der Waals surface area (Å²) in [4.78, 5) is 23.7. The fourth-order valence-electron chi connectivity index (χ4n) is 2.66. The molecule has 0 saturated carbocycles. The van der Waals surface area contributed by atoms with Crippen LogP contribution in [0, 0.1) is 13.8 Å². The third-order valence-corrected chi connectivity index (χ3v) is 4.21. The van der Waals surface area contributed by atoms with Crippen molar-refractivity contribution in [3.05, 3.63) is 64.9 Å². The molecule has 5 nitrogen and oxygen atoms in total. The lowest BCUT2D eigenvalue weighted by Crippen LogP contribution is -2.14. The SMILES string of the molecule is COC(=O)c1ccc(NC(=O)Cc2coc3cc(C)c(C)cc23)cc1. The molecule has 0 fully saturated rings. The number of ether oxygens (including phenoxy) is 1. The summed E-state index contributed by atoms with van der Waals surface area (Å²) in [5.41, 5.74) is 5.01. The maximum Gasteiger partial charge on any atom is 0.337 e. The minimum atomic E-state index is -0.409. The number of anilines is 1. The van der Waals surface area contributed by atoms with E-state index in [1.54, 1.807) is 30.5 Å². The van der Waals surface area contributed by atoms with Crippen molar-refractivity contribution >= 4 is 28.5 Å². The first kappa shape index (κ1) is 16.8. The zero-order chi connectivity index (χ0) is 18.0. The first-order chi connectivity index (χ1) is 12.0.